The summed E-state index contributed by atoms with van der Waals surface area (Å²) in [6, 6.07) is 7.94. The van der Waals surface area contributed by atoms with Crippen LogP contribution in [0.15, 0.2) is 29.6 Å². The van der Waals surface area contributed by atoms with E-state index in [0.29, 0.717) is 17.9 Å². The molecular formula is C21H27N3O4S2. The van der Waals surface area contributed by atoms with Crippen LogP contribution < -0.4 is 4.74 Å². The van der Waals surface area contributed by atoms with E-state index in [1.54, 1.807) is 18.4 Å². The number of thioether (sulfide) groups is 1. The van der Waals surface area contributed by atoms with Gasteiger partial charge in [0, 0.05) is 55.8 Å². The zero-order valence-corrected chi connectivity index (χ0v) is 19.0. The van der Waals surface area contributed by atoms with Crippen LogP contribution in [0.4, 0.5) is 0 Å². The van der Waals surface area contributed by atoms with E-state index >= 15 is 0 Å². The van der Waals surface area contributed by atoms with E-state index in [2.05, 4.69) is 15.0 Å². The summed E-state index contributed by atoms with van der Waals surface area (Å²) in [5, 5.41) is 3.11. The van der Waals surface area contributed by atoms with Gasteiger partial charge in [0.25, 0.3) is 0 Å². The molecule has 0 radical (unpaired) electrons. The maximum atomic E-state index is 12.3. The molecule has 2 heterocycles. The molecule has 1 amide bonds. The van der Waals surface area contributed by atoms with Gasteiger partial charge in [-0.05, 0) is 24.3 Å². The summed E-state index contributed by atoms with van der Waals surface area (Å²) in [5.41, 5.74) is 2.15. The van der Waals surface area contributed by atoms with E-state index in [4.69, 9.17) is 9.72 Å². The number of ether oxygens (including phenoxy) is 2. The van der Waals surface area contributed by atoms with Crippen LogP contribution in [0.1, 0.15) is 12.1 Å². The molecule has 0 spiro atoms. The number of rotatable bonds is 9. The molecule has 1 aliphatic heterocycles. The molecule has 1 aliphatic rings. The molecule has 0 aliphatic carbocycles. The lowest BCUT2D eigenvalue weighted by Crippen LogP contribution is -2.48. The van der Waals surface area contributed by atoms with Crippen LogP contribution in [-0.4, -0.2) is 78.6 Å². The third kappa shape index (κ3) is 6.45. The van der Waals surface area contributed by atoms with Crippen molar-refractivity contribution >= 4 is 35.0 Å². The summed E-state index contributed by atoms with van der Waals surface area (Å²) in [7, 11) is 3.03. The van der Waals surface area contributed by atoms with Gasteiger partial charge in [-0.1, -0.05) is 0 Å². The van der Waals surface area contributed by atoms with Crippen LogP contribution in [0.3, 0.4) is 0 Å². The number of benzene rings is 1. The van der Waals surface area contributed by atoms with Gasteiger partial charge in [0.2, 0.25) is 5.91 Å². The number of methoxy groups -OCH3 is 2. The predicted molar refractivity (Wildman–Crippen MR) is 120 cm³/mol. The molecule has 0 saturated carbocycles. The lowest BCUT2D eigenvalue weighted by molar-refractivity contribution is -0.137. The summed E-state index contributed by atoms with van der Waals surface area (Å²) in [6.07, 6.45) is 0.457. The first-order valence-corrected chi connectivity index (χ1v) is 11.9. The van der Waals surface area contributed by atoms with Gasteiger partial charge in [0.1, 0.15) is 10.8 Å². The second kappa shape index (κ2) is 11.3. The van der Waals surface area contributed by atoms with Crippen molar-refractivity contribution in [2.75, 3.05) is 51.9 Å². The minimum absolute atomic E-state index is 0.155. The van der Waals surface area contributed by atoms with Crippen LogP contribution in [0.2, 0.25) is 0 Å². The number of carbonyl (C=O) groups is 2. The predicted octanol–water partition coefficient (Wildman–Crippen LogP) is 2.76. The molecule has 0 N–H and O–H groups in total. The minimum Gasteiger partial charge on any atom is -0.497 e. The summed E-state index contributed by atoms with van der Waals surface area (Å²) in [5.74, 6) is 1.68. The van der Waals surface area contributed by atoms with E-state index in [9.17, 15) is 9.59 Å². The Morgan fingerprint density at radius 2 is 1.87 bits per heavy atom. The molecule has 30 heavy (non-hydrogen) atoms. The lowest BCUT2D eigenvalue weighted by atomic mass is 10.2. The molecule has 1 saturated heterocycles. The normalized spacial score (nSPS) is 14.5. The first-order valence-electron chi connectivity index (χ1n) is 9.82. The van der Waals surface area contributed by atoms with Gasteiger partial charge < -0.3 is 14.4 Å². The van der Waals surface area contributed by atoms with E-state index in [0.717, 1.165) is 54.7 Å². The molecule has 9 heteroatoms. The number of nitrogens with zero attached hydrogens (tertiary/aromatic N) is 3. The van der Waals surface area contributed by atoms with Gasteiger partial charge in [-0.25, -0.2) is 4.98 Å². The number of aromatic nitrogens is 1. The van der Waals surface area contributed by atoms with Crippen molar-refractivity contribution in [1.29, 1.82) is 0 Å². The maximum absolute atomic E-state index is 12.3. The Balaban J connectivity index is 1.41. The van der Waals surface area contributed by atoms with Gasteiger partial charge in [-0.3, -0.25) is 14.5 Å². The Morgan fingerprint density at radius 1 is 1.13 bits per heavy atom. The summed E-state index contributed by atoms with van der Waals surface area (Å²) < 4.78 is 9.81. The van der Waals surface area contributed by atoms with E-state index < -0.39 is 0 Å². The zero-order valence-electron chi connectivity index (χ0n) is 17.3. The molecular weight excluding hydrogens is 422 g/mol. The first kappa shape index (κ1) is 22.6. The van der Waals surface area contributed by atoms with Crippen molar-refractivity contribution < 1.29 is 19.1 Å². The molecule has 1 aromatic carbocycles. The number of amides is 1. The third-order valence-corrected chi connectivity index (χ3v) is 6.78. The van der Waals surface area contributed by atoms with E-state index in [1.807, 2.05) is 29.2 Å². The summed E-state index contributed by atoms with van der Waals surface area (Å²) >= 11 is 3.08. The van der Waals surface area contributed by atoms with Crippen molar-refractivity contribution in [3.63, 3.8) is 0 Å². The van der Waals surface area contributed by atoms with Crippen LogP contribution in [-0.2, 0) is 20.9 Å². The van der Waals surface area contributed by atoms with Gasteiger partial charge in [0.15, 0.2) is 0 Å². The molecule has 0 atom stereocenters. The van der Waals surface area contributed by atoms with Crippen LogP contribution >= 0.6 is 23.1 Å². The van der Waals surface area contributed by atoms with Gasteiger partial charge in [-0.15, -0.1) is 23.1 Å². The monoisotopic (exact) mass is 449 g/mol. The second-order valence-corrected chi connectivity index (χ2v) is 8.87. The fourth-order valence-corrected chi connectivity index (χ4v) is 4.73. The molecule has 7 nitrogen and oxygen atoms in total. The van der Waals surface area contributed by atoms with Crippen LogP contribution in [0, 0.1) is 0 Å². The molecule has 2 aromatic rings. The highest BCUT2D eigenvalue weighted by Gasteiger charge is 2.21. The van der Waals surface area contributed by atoms with Crippen molar-refractivity contribution in [3.05, 3.63) is 35.3 Å². The SMILES string of the molecule is COC(=O)CSCCC(=O)N1CCN(Cc2csc(-c3ccc(OC)cc3)n2)CC1. The number of hydrogen-bond donors (Lipinski definition) is 0. The summed E-state index contributed by atoms with van der Waals surface area (Å²) in [4.78, 5) is 32.5. The van der Waals surface area contributed by atoms with Crippen LogP contribution in [0.25, 0.3) is 10.6 Å². The average molecular weight is 450 g/mol. The Bertz CT molecular complexity index is 833. The van der Waals surface area contributed by atoms with E-state index in [1.165, 1.54) is 18.9 Å². The highest BCUT2D eigenvalue weighted by atomic mass is 32.2. The topological polar surface area (TPSA) is 72.0 Å². The fourth-order valence-electron chi connectivity index (χ4n) is 3.16. The fraction of sp³-hybridized carbons (Fsp3) is 0.476. The molecule has 162 valence electrons. The van der Waals surface area contributed by atoms with Gasteiger partial charge in [-0.2, -0.15) is 0 Å². The van der Waals surface area contributed by atoms with Crippen molar-refractivity contribution in [2.24, 2.45) is 0 Å². The Hall–Kier alpha value is -2.10. The number of piperazine rings is 1. The van der Waals surface area contributed by atoms with Crippen LogP contribution in [0.5, 0.6) is 5.75 Å². The number of esters is 1. The van der Waals surface area contributed by atoms with Gasteiger partial charge >= 0.3 is 5.97 Å². The largest absolute Gasteiger partial charge is 0.497 e. The number of carbonyl (C=O) groups excluding carboxylic acids is 2. The average Bonchev–Trinajstić information content (AvgIpc) is 3.25. The maximum Gasteiger partial charge on any atom is 0.315 e. The first-order chi connectivity index (χ1) is 14.6. The summed E-state index contributed by atoms with van der Waals surface area (Å²) in [6.45, 7) is 3.95. The minimum atomic E-state index is -0.252. The molecule has 0 bridgehead atoms. The highest BCUT2D eigenvalue weighted by Crippen LogP contribution is 2.26. The Morgan fingerprint density at radius 3 is 2.53 bits per heavy atom. The smallest absolute Gasteiger partial charge is 0.315 e. The molecule has 3 rings (SSSR count). The molecule has 0 unspecified atom stereocenters. The van der Waals surface area contributed by atoms with Crippen molar-refractivity contribution in [2.45, 2.75) is 13.0 Å². The Labute approximate surface area is 185 Å². The van der Waals surface area contributed by atoms with E-state index in [-0.39, 0.29) is 11.9 Å². The van der Waals surface area contributed by atoms with Crippen molar-refractivity contribution in [3.8, 4) is 16.3 Å². The number of hydrogen-bond acceptors (Lipinski definition) is 8. The number of thiazole rings is 1. The third-order valence-electron chi connectivity index (χ3n) is 4.91. The Kier molecular flexibility index (Phi) is 8.53. The molecule has 1 fully saturated rings. The quantitative estimate of drug-likeness (QED) is 0.431. The highest BCUT2D eigenvalue weighted by molar-refractivity contribution is 7.99. The lowest BCUT2D eigenvalue weighted by Gasteiger charge is -2.34. The molecule has 1 aromatic heterocycles. The zero-order chi connectivity index (χ0) is 21.3. The standard InChI is InChI=1S/C21H27N3O4S2/c1-27-18-5-3-16(4-6-18)21-22-17(14-30-21)13-23-8-10-24(11-9-23)19(25)7-12-29-15-20(26)28-2/h3-6,14H,7-13,15H2,1-2H3. The van der Waals surface area contributed by atoms with Gasteiger partial charge in [0.05, 0.1) is 25.7 Å². The van der Waals surface area contributed by atoms with Crippen molar-refractivity contribution in [1.82, 2.24) is 14.8 Å². The second-order valence-electron chi connectivity index (χ2n) is 6.91.